The molecule has 0 aromatic heterocycles. The molecule has 0 radical (unpaired) electrons. The van der Waals surface area contributed by atoms with Gasteiger partial charge in [-0.3, -0.25) is 0 Å². The van der Waals surface area contributed by atoms with Crippen molar-refractivity contribution in [2.24, 2.45) is 0 Å². The summed E-state index contributed by atoms with van der Waals surface area (Å²) in [6.07, 6.45) is 0. The molecule has 1 atom stereocenters. The van der Waals surface area contributed by atoms with Crippen molar-refractivity contribution in [1.29, 1.82) is 0 Å². The Morgan fingerprint density at radius 1 is 2.00 bits per heavy atom. The lowest BCUT2D eigenvalue weighted by Crippen LogP contribution is -2.00. The first-order valence-electron chi connectivity index (χ1n) is 1.78. The molecule has 0 spiro atoms. The summed E-state index contributed by atoms with van der Waals surface area (Å²) >= 11 is 5.23. The molecule has 0 aliphatic rings. The first kappa shape index (κ1) is 6.95. The summed E-state index contributed by atoms with van der Waals surface area (Å²) < 4.78 is 0. The molecule has 0 aliphatic carbocycles. The maximum Gasteiger partial charge on any atom is 0.186 e. The van der Waals surface area contributed by atoms with Crippen molar-refractivity contribution in [1.82, 2.24) is 0 Å². The van der Waals surface area contributed by atoms with Crippen LogP contribution in [-0.4, -0.2) is 10.8 Å². The maximum absolute atomic E-state index is 7.81. The van der Waals surface area contributed by atoms with Gasteiger partial charge >= 0.3 is 0 Å². The minimum absolute atomic E-state index is 0.587. The Kier molecular flexibility index (Phi) is 3.00. The molecule has 0 bridgehead atoms. The van der Waals surface area contributed by atoms with Gasteiger partial charge in [-0.1, -0.05) is 18.2 Å². The molecule has 0 aliphatic heterocycles. The van der Waals surface area contributed by atoms with Crippen molar-refractivity contribution in [3.05, 3.63) is 12.2 Å². The molecule has 0 rings (SSSR count). The van der Waals surface area contributed by atoms with Gasteiger partial charge in [-0.15, -0.1) is 0 Å². The third-order valence-corrected chi connectivity index (χ3v) is 0.932. The molecule has 7 heavy (non-hydrogen) atoms. The molecule has 0 amide bonds. The summed E-state index contributed by atoms with van der Waals surface area (Å²) in [6, 6.07) is 0. The van der Waals surface area contributed by atoms with Crippen LogP contribution in [0.5, 0.6) is 0 Å². The van der Waals surface area contributed by atoms with Gasteiger partial charge in [0.25, 0.3) is 0 Å². The lowest BCUT2D eigenvalue weighted by Gasteiger charge is -2.00. The molecule has 2 nitrogen and oxygen atoms in total. The summed E-state index contributed by atoms with van der Waals surface area (Å²) in [5.74, 6) is 0. The average molecular weight is 123 g/mol. The van der Waals surface area contributed by atoms with Gasteiger partial charge in [0.15, 0.2) is 5.56 Å². The molecule has 0 saturated carbocycles. The minimum Gasteiger partial charge on any atom is -0.250 e. The Balaban J connectivity index is 3.34. The molecule has 0 aromatic carbocycles. The highest BCUT2D eigenvalue weighted by Crippen LogP contribution is 2.05. The van der Waals surface area contributed by atoms with Crippen LogP contribution in [0.4, 0.5) is 0 Å². The Bertz CT molecular complexity index is 72.1. The molecule has 3 heteroatoms. The quantitative estimate of drug-likeness (QED) is 0.261. The largest absolute Gasteiger partial charge is 0.250 e. The van der Waals surface area contributed by atoms with E-state index in [0.717, 1.165) is 0 Å². The van der Waals surface area contributed by atoms with E-state index in [0.29, 0.717) is 5.57 Å². The number of hydrogen-bond acceptors (Lipinski definition) is 2. The summed E-state index contributed by atoms with van der Waals surface area (Å²) in [5.41, 5.74) is -0.177. The van der Waals surface area contributed by atoms with E-state index >= 15 is 0 Å². The zero-order valence-corrected chi connectivity index (χ0v) is 4.77. The highest BCUT2D eigenvalue weighted by Gasteiger charge is 2.00. The fraction of sp³-hybridized carbons (Fsp3) is 0.500. The van der Waals surface area contributed by atoms with Gasteiger partial charge in [0, 0.05) is 0 Å². The number of rotatable bonds is 2. The summed E-state index contributed by atoms with van der Waals surface area (Å²) in [6.45, 7) is 5.07. The van der Waals surface area contributed by atoms with Crippen LogP contribution in [0.1, 0.15) is 6.92 Å². The standard InChI is InChI=1S/C4H7ClO2/c1-3(2)4(5)7-6/h4,6H,1H2,2H3. The van der Waals surface area contributed by atoms with Crippen molar-refractivity contribution in [2.75, 3.05) is 0 Å². The molecule has 0 saturated heterocycles. The Labute approximate surface area is 47.3 Å². The van der Waals surface area contributed by atoms with Crippen LogP contribution in [0.2, 0.25) is 0 Å². The second-order valence-corrected chi connectivity index (χ2v) is 1.66. The van der Waals surface area contributed by atoms with Gasteiger partial charge in [-0.05, 0) is 12.5 Å². The minimum atomic E-state index is -0.764. The third-order valence-electron chi connectivity index (χ3n) is 0.480. The second kappa shape index (κ2) is 3.02. The molecule has 1 unspecified atom stereocenters. The average Bonchev–Trinajstić information content (AvgIpc) is 1.65. The Hall–Kier alpha value is -0.0500. The van der Waals surface area contributed by atoms with Crippen molar-refractivity contribution in [3.63, 3.8) is 0 Å². The van der Waals surface area contributed by atoms with E-state index in [9.17, 15) is 0 Å². The lowest BCUT2D eigenvalue weighted by molar-refractivity contribution is -0.247. The smallest absolute Gasteiger partial charge is 0.186 e. The van der Waals surface area contributed by atoms with Crippen molar-refractivity contribution >= 4 is 11.6 Å². The van der Waals surface area contributed by atoms with Crippen LogP contribution in [0, 0.1) is 0 Å². The van der Waals surface area contributed by atoms with Crippen LogP contribution in [-0.2, 0) is 4.89 Å². The van der Waals surface area contributed by atoms with Crippen LogP contribution in [0.3, 0.4) is 0 Å². The van der Waals surface area contributed by atoms with Crippen molar-refractivity contribution in [3.8, 4) is 0 Å². The Morgan fingerprint density at radius 2 is 2.43 bits per heavy atom. The van der Waals surface area contributed by atoms with E-state index in [1.807, 2.05) is 0 Å². The summed E-state index contributed by atoms with van der Waals surface area (Å²) in [7, 11) is 0. The molecule has 0 heterocycles. The fourth-order valence-electron chi connectivity index (χ4n) is 0.0900. The topological polar surface area (TPSA) is 29.5 Å². The molecule has 1 N–H and O–H groups in total. The van der Waals surface area contributed by atoms with Gasteiger partial charge in [0.05, 0.1) is 0 Å². The highest BCUT2D eigenvalue weighted by molar-refractivity contribution is 6.21. The summed E-state index contributed by atoms with van der Waals surface area (Å²) in [5, 5.41) is 7.81. The molecule has 0 aromatic rings. The van der Waals surface area contributed by atoms with Crippen LogP contribution in [0.25, 0.3) is 0 Å². The van der Waals surface area contributed by atoms with E-state index in [1.165, 1.54) is 0 Å². The number of halogens is 1. The van der Waals surface area contributed by atoms with Gasteiger partial charge in [-0.25, -0.2) is 10.1 Å². The molecular weight excluding hydrogens is 115 g/mol. The molecule has 0 fully saturated rings. The Morgan fingerprint density at radius 3 is 2.43 bits per heavy atom. The third kappa shape index (κ3) is 2.62. The monoisotopic (exact) mass is 122 g/mol. The maximum atomic E-state index is 7.81. The van der Waals surface area contributed by atoms with E-state index < -0.39 is 5.56 Å². The zero-order valence-electron chi connectivity index (χ0n) is 4.02. The predicted molar refractivity (Wildman–Crippen MR) is 28.2 cm³/mol. The van der Waals surface area contributed by atoms with Crippen LogP contribution < -0.4 is 0 Å². The van der Waals surface area contributed by atoms with Crippen LogP contribution >= 0.6 is 11.6 Å². The van der Waals surface area contributed by atoms with Gasteiger partial charge in [-0.2, -0.15) is 0 Å². The van der Waals surface area contributed by atoms with Gasteiger partial charge < -0.3 is 0 Å². The highest BCUT2D eigenvalue weighted by atomic mass is 35.5. The van der Waals surface area contributed by atoms with Crippen molar-refractivity contribution < 1.29 is 10.1 Å². The second-order valence-electron chi connectivity index (χ2n) is 1.27. The van der Waals surface area contributed by atoms with Gasteiger partial charge in [0.1, 0.15) is 0 Å². The summed E-state index contributed by atoms with van der Waals surface area (Å²) in [4.78, 5) is 3.68. The van der Waals surface area contributed by atoms with E-state index in [1.54, 1.807) is 6.92 Å². The first-order chi connectivity index (χ1) is 3.18. The lowest BCUT2D eigenvalue weighted by atomic mass is 10.4. The fourth-order valence-corrected chi connectivity index (χ4v) is 0.0900. The zero-order chi connectivity index (χ0) is 5.86. The van der Waals surface area contributed by atoms with E-state index in [4.69, 9.17) is 16.9 Å². The number of alkyl halides is 1. The SMILES string of the molecule is C=C(C)C(Cl)OO. The van der Waals surface area contributed by atoms with Crippen LogP contribution in [0.15, 0.2) is 12.2 Å². The van der Waals surface area contributed by atoms with Crippen molar-refractivity contribution in [2.45, 2.75) is 12.5 Å². The number of hydrogen-bond donors (Lipinski definition) is 1. The normalized spacial score (nSPS) is 13.6. The molecular formula is C4H7ClO2. The van der Waals surface area contributed by atoms with E-state index in [-0.39, 0.29) is 0 Å². The van der Waals surface area contributed by atoms with Gasteiger partial charge in [0.2, 0.25) is 0 Å². The molecule has 42 valence electrons. The first-order valence-corrected chi connectivity index (χ1v) is 2.22. The van der Waals surface area contributed by atoms with E-state index in [2.05, 4.69) is 11.5 Å². The predicted octanol–water partition coefficient (Wildman–Crippen LogP) is 1.62.